The Morgan fingerprint density at radius 2 is 2.12 bits per heavy atom. The molecular formula is C19H13BrN2O4. The van der Waals surface area contributed by atoms with Crippen LogP contribution >= 0.6 is 15.9 Å². The molecule has 130 valence electrons. The van der Waals surface area contributed by atoms with Gasteiger partial charge in [0.15, 0.2) is 0 Å². The Kier molecular flexibility index (Phi) is 6.42. The van der Waals surface area contributed by atoms with E-state index in [2.05, 4.69) is 22.5 Å². The zero-order chi connectivity index (χ0) is 19.1. The van der Waals surface area contributed by atoms with Gasteiger partial charge in [-0.25, -0.2) is 0 Å². The number of ketones is 1. The summed E-state index contributed by atoms with van der Waals surface area (Å²) in [4.78, 5) is 22.9. The first-order valence-electron chi connectivity index (χ1n) is 7.40. The Morgan fingerprint density at radius 1 is 1.35 bits per heavy atom. The van der Waals surface area contributed by atoms with Crippen LogP contribution in [0, 0.1) is 21.4 Å². The summed E-state index contributed by atoms with van der Waals surface area (Å²) >= 11 is 3.34. The molecule has 0 unspecified atom stereocenters. The number of halogens is 1. The number of allylic oxidation sites excluding steroid dienone is 1. The van der Waals surface area contributed by atoms with Crippen LogP contribution in [0.4, 0.5) is 5.69 Å². The van der Waals surface area contributed by atoms with E-state index in [1.807, 2.05) is 6.07 Å². The van der Waals surface area contributed by atoms with Gasteiger partial charge in [0.1, 0.15) is 24.0 Å². The summed E-state index contributed by atoms with van der Waals surface area (Å²) in [6, 6.07) is 12.3. The number of nitrogens with zero attached hydrogens (tertiary/aromatic N) is 2. The van der Waals surface area contributed by atoms with Crippen LogP contribution < -0.4 is 4.74 Å². The summed E-state index contributed by atoms with van der Waals surface area (Å²) in [7, 11) is 0. The Morgan fingerprint density at radius 3 is 2.77 bits per heavy atom. The second kappa shape index (κ2) is 8.74. The fourth-order valence-corrected chi connectivity index (χ4v) is 2.51. The third kappa shape index (κ3) is 4.65. The number of benzene rings is 2. The van der Waals surface area contributed by atoms with Crippen LogP contribution in [0.1, 0.15) is 15.9 Å². The van der Waals surface area contributed by atoms with E-state index in [1.54, 1.807) is 24.3 Å². The average Bonchev–Trinajstić information content (AvgIpc) is 2.65. The minimum atomic E-state index is -0.606. The fraction of sp³-hybridized carbons (Fsp3) is 0.0526. The molecule has 6 nitrogen and oxygen atoms in total. The highest BCUT2D eigenvalue weighted by atomic mass is 79.9. The van der Waals surface area contributed by atoms with Crippen LogP contribution in [0.25, 0.3) is 6.08 Å². The molecule has 0 aromatic heterocycles. The maximum Gasteiger partial charge on any atom is 0.270 e. The van der Waals surface area contributed by atoms with Crippen molar-refractivity contribution in [1.82, 2.24) is 0 Å². The van der Waals surface area contributed by atoms with Gasteiger partial charge in [-0.1, -0.05) is 40.7 Å². The summed E-state index contributed by atoms with van der Waals surface area (Å²) in [6.45, 7) is 3.85. The summed E-state index contributed by atoms with van der Waals surface area (Å²) in [5, 5.41) is 20.3. The van der Waals surface area contributed by atoms with Crippen molar-refractivity contribution in [2.75, 3.05) is 6.61 Å². The topological polar surface area (TPSA) is 93.2 Å². The van der Waals surface area contributed by atoms with Crippen molar-refractivity contribution in [2.24, 2.45) is 0 Å². The van der Waals surface area contributed by atoms with E-state index in [9.17, 15) is 20.2 Å². The van der Waals surface area contributed by atoms with Crippen LogP contribution in [0.3, 0.4) is 0 Å². The van der Waals surface area contributed by atoms with E-state index in [1.165, 1.54) is 24.3 Å². The number of Topliss-reactive ketones (excluding diaryl/α,β-unsaturated/α-hetero) is 1. The van der Waals surface area contributed by atoms with E-state index >= 15 is 0 Å². The molecule has 0 bridgehead atoms. The van der Waals surface area contributed by atoms with Crippen molar-refractivity contribution in [3.8, 4) is 11.8 Å². The minimum absolute atomic E-state index is 0.0653. The molecule has 2 aromatic rings. The number of ether oxygens (including phenoxy) is 1. The number of hydrogen-bond acceptors (Lipinski definition) is 5. The van der Waals surface area contributed by atoms with Crippen molar-refractivity contribution in [1.29, 1.82) is 5.26 Å². The van der Waals surface area contributed by atoms with Crippen LogP contribution in [0.5, 0.6) is 5.75 Å². The van der Waals surface area contributed by atoms with Gasteiger partial charge in [-0.2, -0.15) is 5.26 Å². The molecule has 0 aliphatic heterocycles. The Hall–Kier alpha value is -3.24. The van der Waals surface area contributed by atoms with E-state index in [4.69, 9.17) is 4.74 Å². The van der Waals surface area contributed by atoms with Gasteiger partial charge in [0, 0.05) is 27.7 Å². The van der Waals surface area contributed by atoms with Crippen molar-refractivity contribution < 1.29 is 14.5 Å². The molecule has 0 spiro atoms. The quantitative estimate of drug-likeness (QED) is 0.164. The van der Waals surface area contributed by atoms with Gasteiger partial charge < -0.3 is 4.74 Å². The lowest BCUT2D eigenvalue weighted by molar-refractivity contribution is -0.384. The molecule has 0 heterocycles. The highest BCUT2D eigenvalue weighted by Crippen LogP contribution is 2.26. The fourth-order valence-electron chi connectivity index (χ4n) is 2.13. The van der Waals surface area contributed by atoms with E-state index in [0.717, 1.165) is 10.5 Å². The summed E-state index contributed by atoms with van der Waals surface area (Å²) in [6.07, 6.45) is 2.97. The van der Waals surface area contributed by atoms with Gasteiger partial charge in [-0.3, -0.25) is 14.9 Å². The SMILES string of the molecule is C=CCOc1ccc(Br)cc1/C=C(\C#N)C(=O)c1cccc([N+](=O)[O-])c1. The van der Waals surface area contributed by atoms with Gasteiger partial charge in [-0.05, 0) is 24.3 Å². The number of carbonyl (C=O) groups is 1. The number of carbonyl (C=O) groups excluding carboxylic acids is 1. The maximum absolute atomic E-state index is 12.6. The average molecular weight is 413 g/mol. The first-order chi connectivity index (χ1) is 12.5. The lowest BCUT2D eigenvalue weighted by atomic mass is 10.0. The number of non-ortho nitro benzene ring substituents is 1. The molecule has 0 radical (unpaired) electrons. The third-order valence-electron chi connectivity index (χ3n) is 3.31. The van der Waals surface area contributed by atoms with Gasteiger partial charge >= 0.3 is 0 Å². The van der Waals surface area contributed by atoms with Crippen LogP contribution in [0.2, 0.25) is 0 Å². The van der Waals surface area contributed by atoms with Crippen molar-refractivity contribution in [3.63, 3.8) is 0 Å². The second-order valence-corrected chi connectivity index (χ2v) is 6.00. The maximum atomic E-state index is 12.6. The van der Waals surface area contributed by atoms with Crippen molar-refractivity contribution >= 4 is 33.5 Å². The van der Waals surface area contributed by atoms with E-state index < -0.39 is 10.7 Å². The molecule has 0 aliphatic carbocycles. The van der Waals surface area contributed by atoms with Crippen LogP contribution in [-0.4, -0.2) is 17.3 Å². The molecule has 0 saturated heterocycles. The van der Waals surface area contributed by atoms with Gasteiger partial charge in [0.05, 0.1) is 4.92 Å². The molecule has 2 rings (SSSR count). The zero-order valence-electron chi connectivity index (χ0n) is 13.5. The van der Waals surface area contributed by atoms with E-state index in [0.29, 0.717) is 11.3 Å². The lowest BCUT2D eigenvalue weighted by Gasteiger charge is -2.08. The van der Waals surface area contributed by atoms with Gasteiger partial charge in [0.25, 0.3) is 5.69 Å². The Bertz CT molecular complexity index is 945. The summed E-state index contributed by atoms with van der Waals surface area (Å²) in [5.41, 5.74) is 0.213. The number of nitro benzene ring substituents is 1. The number of rotatable bonds is 7. The monoisotopic (exact) mass is 412 g/mol. The molecule has 0 fully saturated rings. The highest BCUT2D eigenvalue weighted by Gasteiger charge is 2.16. The molecule has 26 heavy (non-hydrogen) atoms. The van der Waals surface area contributed by atoms with Crippen molar-refractivity contribution in [3.05, 3.63) is 86.4 Å². The molecule has 0 saturated carbocycles. The smallest absolute Gasteiger partial charge is 0.270 e. The zero-order valence-corrected chi connectivity index (χ0v) is 15.1. The van der Waals surface area contributed by atoms with Gasteiger partial charge in [-0.15, -0.1) is 0 Å². The largest absolute Gasteiger partial charge is 0.489 e. The molecule has 0 N–H and O–H groups in total. The van der Waals surface area contributed by atoms with Crippen molar-refractivity contribution in [2.45, 2.75) is 0 Å². The molecule has 0 atom stereocenters. The van der Waals surface area contributed by atoms with Gasteiger partial charge in [0.2, 0.25) is 5.78 Å². The summed E-state index contributed by atoms with van der Waals surface area (Å²) in [5.74, 6) is -0.126. The lowest BCUT2D eigenvalue weighted by Crippen LogP contribution is -2.03. The highest BCUT2D eigenvalue weighted by molar-refractivity contribution is 9.10. The molecule has 7 heteroatoms. The molecule has 0 aliphatic rings. The second-order valence-electron chi connectivity index (χ2n) is 5.09. The first-order valence-corrected chi connectivity index (χ1v) is 8.19. The number of nitro groups is 1. The predicted octanol–water partition coefficient (Wildman–Crippen LogP) is 4.71. The van der Waals surface area contributed by atoms with E-state index in [-0.39, 0.29) is 23.4 Å². The predicted molar refractivity (Wildman–Crippen MR) is 101 cm³/mol. The van der Waals surface area contributed by atoms with Crippen LogP contribution in [-0.2, 0) is 0 Å². The third-order valence-corrected chi connectivity index (χ3v) is 3.81. The Labute approximate surface area is 158 Å². The van der Waals surface area contributed by atoms with Crippen LogP contribution in [0.15, 0.2) is 65.2 Å². The molecule has 0 amide bonds. The number of nitriles is 1. The standard InChI is InChI=1S/C19H13BrN2O4/c1-2-8-26-18-7-6-16(20)10-14(18)9-15(12-21)19(23)13-4-3-5-17(11-13)22(24)25/h2-7,9-11H,1,8H2/b15-9+. The minimum Gasteiger partial charge on any atom is -0.489 e. The number of hydrogen-bond donors (Lipinski definition) is 0. The molecule has 2 aromatic carbocycles. The normalized spacial score (nSPS) is 10.7. The molecular weight excluding hydrogens is 400 g/mol. The first kappa shape index (κ1) is 19.1. The Balaban J connectivity index is 2.45. The summed E-state index contributed by atoms with van der Waals surface area (Å²) < 4.78 is 6.27.